The van der Waals surface area contributed by atoms with Crippen LogP contribution in [0.3, 0.4) is 0 Å². The van der Waals surface area contributed by atoms with Gasteiger partial charge in [-0.15, -0.1) is 0 Å². The molecule has 0 saturated carbocycles. The molecular formula is C7H9NO2S. The molecule has 1 aliphatic carbocycles. The number of hydrogen-bond donors (Lipinski definition) is 1. The second-order valence-corrected chi connectivity index (χ2v) is 4.74. The first-order valence-electron chi connectivity index (χ1n) is 3.53. The number of hydrogen-bond acceptors (Lipinski definition) is 3. The molecule has 60 valence electrons. The van der Waals surface area contributed by atoms with Crippen molar-refractivity contribution in [1.29, 1.82) is 0 Å². The van der Waals surface area contributed by atoms with Gasteiger partial charge in [-0.25, -0.2) is 8.42 Å². The summed E-state index contributed by atoms with van der Waals surface area (Å²) in [6.07, 6.45) is 6.26. The Hall–Kier alpha value is -0.610. The van der Waals surface area contributed by atoms with E-state index < -0.39 is 9.84 Å². The minimum Gasteiger partial charge on any atom is -0.295 e. The van der Waals surface area contributed by atoms with Crippen molar-refractivity contribution < 1.29 is 8.42 Å². The van der Waals surface area contributed by atoms with Crippen molar-refractivity contribution >= 4 is 9.84 Å². The second-order valence-electron chi connectivity index (χ2n) is 2.75. The molecule has 0 bridgehead atoms. The molecule has 0 aromatic heterocycles. The van der Waals surface area contributed by atoms with Crippen LogP contribution in [0.15, 0.2) is 23.1 Å². The smallest absolute Gasteiger partial charge is 0.189 e. The van der Waals surface area contributed by atoms with Crippen LogP contribution in [0.5, 0.6) is 0 Å². The summed E-state index contributed by atoms with van der Waals surface area (Å²) < 4.78 is 22.5. The highest BCUT2D eigenvalue weighted by Gasteiger charge is 2.33. The van der Waals surface area contributed by atoms with Gasteiger partial charge < -0.3 is 0 Å². The lowest BCUT2D eigenvalue weighted by Crippen LogP contribution is -2.22. The predicted molar refractivity (Wildman–Crippen MR) is 42.6 cm³/mol. The number of fused-ring (bicyclic) bond motifs is 1. The van der Waals surface area contributed by atoms with E-state index >= 15 is 0 Å². The monoisotopic (exact) mass is 171 g/mol. The molecule has 4 heteroatoms. The summed E-state index contributed by atoms with van der Waals surface area (Å²) in [5.41, 5.74) is 0. The van der Waals surface area contributed by atoms with Crippen LogP contribution in [0, 0.1) is 0 Å². The van der Waals surface area contributed by atoms with Crippen LogP contribution in [0.4, 0.5) is 0 Å². The number of allylic oxidation sites excluding steroid dienone is 2. The van der Waals surface area contributed by atoms with Crippen molar-refractivity contribution in [3.63, 3.8) is 0 Å². The van der Waals surface area contributed by atoms with E-state index in [4.69, 9.17) is 0 Å². The quantitative estimate of drug-likeness (QED) is 0.565. The molecule has 1 heterocycles. The average Bonchev–Trinajstić information content (AvgIpc) is 2.29. The van der Waals surface area contributed by atoms with E-state index in [1.807, 2.05) is 6.08 Å². The first-order chi connectivity index (χ1) is 5.20. The maximum absolute atomic E-state index is 11.2. The molecule has 1 saturated heterocycles. The summed E-state index contributed by atoms with van der Waals surface area (Å²) in [5, 5.41) is 2.94. The molecule has 0 radical (unpaired) electrons. The van der Waals surface area contributed by atoms with E-state index in [9.17, 15) is 8.42 Å². The maximum atomic E-state index is 11.2. The number of nitrogens with one attached hydrogen (secondary N) is 1. The Balaban J connectivity index is 2.49. The Bertz CT molecular complexity index is 326. The molecule has 0 amide bonds. The zero-order valence-corrected chi connectivity index (χ0v) is 6.76. The van der Waals surface area contributed by atoms with Crippen molar-refractivity contribution in [3.8, 4) is 0 Å². The van der Waals surface area contributed by atoms with Crippen LogP contribution in [-0.4, -0.2) is 20.3 Å². The summed E-state index contributed by atoms with van der Waals surface area (Å²) in [6.45, 7) is 0. The summed E-state index contributed by atoms with van der Waals surface area (Å²) in [5.74, 6) is 0.102. The Kier molecular flexibility index (Phi) is 1.40. The summed E-state index contributed by atoms with van der Waals surface area (Å²) in [4.78, 5) is 0.556. The minimum atomic E-state index is -2.95. The van der Waals surface area contributed by atoms with E-state index in [0.717, 1.165) is 6.42 Å². The molecule has 11 heavy (non-hydrogen) atoms. The maximum Gasteiger partial charge on any atom is 0.189 e. The Morgan fingerprint density at radius 2 is 2.36 bits per heavy atom. The minimum absolute atomic E-state index is 0.0463. The van der Waals surface area contributed by atoms with Crippen molar-refractivity contribution in [2.45, 2.75) is 12.5 Å². The lowest BCUT2D eigenvalue weighted by atomic mass is 10.1. The zero-order chi connectivity index (χ0) is 7.90. The number of sulfone groups is 1. The van der Waals surface area contributed by atoms with Gasteiger partial charge in [-0.2, -0.15) is 0 Å². The van der Waals surface area contributed by atoms with Gasteiger partial charge in [0.2, 0.25) is 0 Å². The molecule has 3 nitrogen and oxygen atoms in total. The first kappa shape index (κ1) is 7.06. The van der Waals surface area contributed by atoms with Gasteiger partial charge in [0.1, 0.15) is 5.88 Å². The molecule has 1 unspecified atom stereocenters. The highest BCUT2D eigenvalue weighted by Crippen LogP contribution is 2.24. The average molecular weight is 171 g/mol. The molecule has 1 N–H and O–H groups in total. The largest absolute Gasteiger partial charge is 0.295 e. The van der Waals surface area contributed by atoms with Gasteiger partial charge in [-0.3, -0.25) is 5.32 Å². The van der Waals surface area contributed by atoms with Crippen LogP contribution in [0.25, 0.3) is 0 Å². The third-order valence-electron chi connectivity index (χ3n) is 1.99. The van der Waals surface area contributed by atoms with Crippen LogP contribution in [0.2, 0.25) is 0 Å². The van der Waals surface area contributed by atoms with Gasteiger partial charge in [-0.1, -0.05) is 12.2 Å². The van der Waals surface area contributed by atoms with Gasteiger partial charge in [0, 0.05) is 6.04 Å². The topological polar surface area (TPSA) is 46.2 Å². The second kappa shape index (κ2) is 2.19. The van der Waals surface area contributed by atoms with Gasteiger partial charge in [-0.05, 0) is 12.5 Å². The third kappa shape index (κ3) is 1.02. The third-order valence-corrected chi connectivity index (χ3v) is 3.68. The summed E-state index contributed by atoms with van der Waals surface area (Å²) in [6, 6.07) is 0.0463. The molecule has 2 aliphatic rings. The summed E-state index contributed by atoms with van der Waals surface area (Å²) in [7, 11) is -2.95. The standard InChI is InChI=1S/C7H9NO2S/c9-11(10)5-8-6-3-1-2-4-7(6)11/h1-2,4,6,8H,3,5H2. The lowest BCUT2D eigenvalue weighted by molar-refractivity contribution is 0.604. The van der Waals surface area contributed by atoms with Crippen LogP contribution in [0.1, 0.15) is 6.42 Å². The lowest BCUT2D eigenvalue weighted by Gasteiger charge is -2.09. The van der Waals surface area contributed by atoms with Crippen LogP contribution in [-0.2, 0) is 9.84 Å². The van der Waals surface area contributed by atoms with Crippen molar-refractivity contribution in [2.24, 2.45) is 0 Å². The molecule has 0 aromatic rings. The number of rotatable bonds is 0. The van der Waals surface area contributed by atoms with E-state index in [1.165, 1.54) is 0 Å². The molecule has 0 spiro atoms. The van der Waals surface area contributed by atoms with E-state index in [0.29, 0.717) is 4.91 Å². The molecule has 1 aliphatic heterocycles. The van der Waals surface area contributed by atoms with E-state index in [2.05, 4.69) is 5.32 Å². The Labute approximate surface area is 65.7 Å². The zero-order valence-electron chi connectivity index (χ0n) is 5.95. The Morgan fingerprint density at radius 1 is 1.55 bits per heavy atom. The first-order valence-corrected chi connectivity index (χ1v) is 5.18. The van der Waals surface area contributed by atoms with Crippen molar-refractivity contribution in [1.82, 2.24) is 5.32 Å². The molecule has 2 rings (SSSR count). The molecule has 0 aromatic carbocycles. The fraction of sp³-hybridized carbons (Fsp3) is 0.429. The SMILES string of the molecule is O=S1(=O)CNC2CC=CC=C21. The Morgan fingerprint density at radius 3 is 3.09 bits per heavy atom. The van der Waals surface area contributed by atoms with Gasteiger partial charge >= 0.3 is 0 Å². The van der Waals surface area contributed by atoms with Crippen molar-refractivity contribution in [2.75, 3.05) is 5.88 Å². The molecule has 1 atom stereocenters. The van der Waals surface area contributed by atoms with E-state index in [1.54, 1.807) is 12.2 Å². The van der Waals surface area contributed by atoms with Gasteiger partial charge in [0.05, 0.1) is 4.91 Å². The van der Waals surface area contributed by atoms with Crippen LogP contribution < -0.4 is 5.32 Å². The van der Waals surface area contributed by atoms with Gasteiger partial charge in [0.15, 0.2) is 9.84 Å². The normalized spacial score (nSPS) is 33.1. The van der Waals surface area contributed by atoms with Crippen molar-refractivity contribution in [3.05, 3.63) is 23.1 Å². The highest BCUT2D eigenvalue weighted by atomic mass is 32.2. The highest BCUT2D eigenvalue weighted by molar-refractivity contribution is 7.95. The van der Waals surface area contributed by atoms with Crippen LogP contribution >= 0.6 is 0 Å². The summed E-state index contributed by atoms with van der Waals surface area (Å²) >= 11 is 0. The fourth-order valence-corrected chi connectivity index (χ4v) is 2.89. The molecule has 1 fully saturated rings. The fourth-order valence-electron chi connectivity index (χ4n) is 1.41. The predicted octanol–water partition coefficient (Wildman–Crippen LogP) is 0.174. The van der Waals surface area contributed by atoms with E-state index in [-0.39, 0.29) is 11.9 Å². The van der Waals surface area contributed by atoms with Gasteiger partial charge in [0.25, 0.3) is 0 Å². The molecular weight excluding hydrogens is 162 g/mol.